The van der Waals surface area contributed by atoms with E-state index in [4.69, 9.17) is 0 Å². The minimum atomic E-state index is 0.943. The lowest BCUT2D eigenvalue weighted by Gasteiger charge is -1.99. The number of halogens is 1. The number of nitrogens with zero attached hydrogens (tertiary/aromatic N) is 2. The number of hydrogen-bond donors (Lipinski definition) is 0. The second-order valence-corrected chi connectivity index (χ2v) is 7.61. The third-order valence-corrected chi connectivity index (χ3v) is 6.35. The molecule has 4 rings (SSSR count). The molecule has 0 bridgehead atoms. The largest absolute Gasteiger partial charge is 0.172 e. The Hall–Kier alpha value is -1.08. The van der Waals surface area contributed by atoms with Crippen LogP contribution in [0.1, 0.15) is 0 Å². The molecule has 0 atom stereocenters. The highest BCUT2D eigenvalue weighted by molar-refractivity contribution is 9.10. The zero-order chi connectivity index (χ0) is 13.5. The average molecular weight is 379 g/mol. The SMILES string of the molecule is Brc1ccc(-c2ccc(-c3cccs3)s2)c2nsnc12. The topological polar surface area (TPSA) is 25.8 Å². The summed E-state index contributed by atoms with van der Waals surface area (Å²) in [6.45, 7) is 0. The number of benzene rings is 1. The van der Waals surface area contributed by atoms with E-state index in [9.17, 15) is 0 Å². The van der Waals surface area contributed by atoms with E-state index >= 15 is 0 Å². The fourth-order valence-corrected chi connectivity index (χ4v) is 5.04. The summed E-state index contributed by atoms with van der Waals surface area (Å²) in [6.07, 6.45) is 0. The molecule has 98 valence electrons. The first kappa shape index (κ1) is 12.6. The van der Waals surface area contributed by atoms with Gasteiger partial charge in [0, 0.05) is 24.7 Å². The van der Waals surface area contributed by atoms with Crippen LogP contribution in [0, 0.1) is 0 Å². The number of fused-ring (bicyclic) bond motifs is 1. The van der Waals surface area contributed by atoms with Crippen molar-refractivity contribution in [3.8, 4) is 20.2 Å². The second kappa shape index (κ2) is 5.04. The maximum Gasteiger partial charge on any atom is 0.119 e. The molecule has 0 radical (unpaired) electrons. The smallest absolute Gasteiger partial charge is 0.119 e. The molecule has 0 saturated carbocycles. The van der Waals surface area contributed by atoms with Crippen LogP contribution in [0.4, 0.5) is 0 Å². The number of rotatable bonds is 2. The molecule has 0 fully saturated rings. The molecular formula is C14H7BrN2S3. The molecule has 0 aliphatic rings. The van der Waals surface area contributed by atoms with Crippen LogP contribution in [0.15, 0.2) is 46.3 Å². The predicted octanol–water partition coefficient (Wildman–Crippen LogP) is 5.91. The van der Waals surface area contributed by atoms with Gasteiger partial charge in [0.05, 0.1) is 11.7 Å². The van der Waals surface area contributed by atoms with Crippen molar-refractivity contribution in [2.45, 2.75) is 0 Å². The Kier molecular flexibility index (Phi) is 3.18. The Bertz CT molecular complexity index is 877. The minimum absolute atomic E-state index is 0.943. The Labute approximate surface area is 136 Å². The van der Waals surface area contributed by atoms with Crippen molar-refractivity contribution in [3.63, 3.8) is 0 Å². The van der Waals surface area contributed by atoms with Gasteiger partial charge in [-0.2, -0.15) is 8.75 Å². The second-order valence-electron chi connectivity index (χ2n) is 4.20. The van der Waals surface area contributed by atoms with Crippen LogP contribution < -0.4 is 0 Å². The van der Waals surface area contributed by atoms with Crippen molar-refractivity contribution in [1.29, 1.82) is 0 Å². The molecule has 0 aliphatic carbocycles. The van der Waals surface area contributed by atoms with Crippen molar-refractivity contribution in [2.24, 2.45) is 0 Å². The highest BCUT2D eigenvalue weighted by Crippen LogP contribution is 2.39. The van der Waals surface area contributed by atoms with Gasteiger partial charge in [0.1, 0.15) is 11.0 Å². The van der Waals surface area contributed by atoms with Gasteiger partial charge < -0.3 is 0 Å². The molecule has 3 aromatic heterocycles. The number of hydrogen-bond acceptors (Lipinski definition) is 5. The van der Waals surface area contributed by atoms with E-state index in [0.717, 1.165) is 21.1 Å². The van der Waals surface area contributed by atoms with Crippen molar-refractivity contribution in [1.82, 2.24) is 8.75 Å². The molecular weight excluding hydrogens is 372 g/mol. The average Bonchev–Trinajstić information content (AvgIpc) is 3.20. The molecule has 0 amide bonds. The Morgan fingerprint density at radius 2 is 1.70 bits per heavy atom. The van der Waals surface area contributed by atoms with Crippen LogP contribution >= 0.6 is 50.3 Å². The summed E-state index contributed by atoms with van der Waals surface area (Å²) in [5.74, 6) is 0. The summed E-state index contributed by atoms with van der Waals surface area (Å²) in [5.41, 5.74) is 3.08. The van der Waals surface area contributed by atoms with Crippen molar-refractivity contribution >= 4 is 61.4 Å². The van der Waals surface area contributed by atoms with Gasteiger partial charge in [-0.25, -0.2) is 0 Å². The molecule has 0 saturated heterocycles. The Morgan fingerprint density at radius 3 is 2.55 bits per heavy atom. The van der Waals surface area contributed by atoms with Gasteiger partial charge in [-0.1, -0.05) is 12.1 Å². The van der Waals surface area contributed by atoms with Crippen LogP contribution in [0.5, 0.6) is 0 Å². The van der Waals surface area contributed by atoms with Crippen LogP contribution in [0.25, 0.3) is 31.2 Å². The standard InChI is InChI=1S/C14H7BrN2S3/c15-9-4-3-8(13-14(9)17-20-16-13)10-5-6-12(19-10)11-2-1-7-18-11/h1-7H. The van der Waals surface area contributed by atoms with Crippen LogP contribution in [0.2, 0.25) is 0 Å². The quantitative estimate of drug-likeness (QED) is 0.433. The van der Waals surface area contributed by atoms with Crippen molar-refractivity contribution < 1.29 is 0 Å². The maximum atomic E-state index is 4.44. The van der Waals surface area contributed by atoms with Crippen molar-refractivity contribution in [2.75, 3.05) is 0 Å². The molecule has 4 aromatic rings. The van der Waals surface area contributed by atoms with E-state index in [1.807, 2.05) is 6.07 Å². The lowest BCUT2D eigenvalue weighted by molar-refractivity contribution is 1.61. The highest BCUT2D eigenvalue weighted by atomic mass is 79.9. The molecule has 6 heteroatoms. The summed E-state index contributed by atoms with van der Waals surface area (Å²) in [6, 6.07) is 12.7. The van der Waals surface area contributed by atoms with E-state index in [2.05, 4.69) is 60.4 Å². The van der Waals surface area contributed by atoms with E-state index < -0.39 is 0 Å². The van der Waals surface area contributed by atoms with Gasteiger partial charge in [-0.05, 0) is 45.6 Å². The summed E-state index contributed by atoms with van der Waals surface area (Å²) < 4.78 is 9.79. The van der Waals surface area contributed by atoms with Gasteiger partial charge in [-0.15, -0.1) is 22.7 Å². The van der Waals surface area contributed by atoms with Gasteiger partial charge in [-0.3, -0.25) is 0 Å². The van der Waals surface area contributed by atoms with Gasteiger partial charge in [0.15, 0.2) is 0 Å². The summed E-state index contributed by atoms with van der Waals surface area (Å²) in [5, 5.41) is 2.11. The summed E-state index contributed by atoms with van der Waals surface area (Å²) in [7, 11) is 0. The van der Waals surface area contributed by atoms with Crippen LogP contribution in [-0.2, 0) is 0 Å². The maximum absolute atomic E-state index is 4.44. The highest BCUT2D eigenvalue weighted by Gasteiger charge is 2.13. The summed E-state index contributed by atoms with van der Waals surface area (Å²) in [4.78, 5) is 3.85. The lowest BCUT2D eigenvalue weighted by Crippen LogP contribution is -1.78. The minimum Gasteiger partial charge on any atom is -0.172 e. The van der Waals surface area contributed by atoms with E-state index in [1.54, 1.807) is 22.7 Å². The predicted molar refractivity (Wildman–Crippen MR) is 91.7 cm³/mol. The molecule has 0 spiro atoms. The third-order valence-electron chi connectivity index (χ3n) is 3.00. The molecule has 3 heterocycles. The first-order valence-electron chi connectivity index (χ1n) is 5.88. The number of thiophene rings is 2. The van der Waals surface area contributed by atoms with Crippen LogP contribution in [-0.4, -0.2) is 8.75 Å². The fraction of sp³-hybridized carbons (Fsp3) is 0. The zero-order valence-electron chi connectivity index (χ0n) is 10.0. The van der Waals surface area contributed by atoms with Crippen molar-refractivity contribution in [3.05, 3.63) is 46.3 Å². The van der Waals surface area contributed by atoms with Gasteiger partial charge in [0.25, 0.3) is 0 Å². The molecule has 2 nitrogen and oxygen atoms in total. The third kappa shape index (κ3) is 2.03. The molecule has 0 aliphatic heterocycles. The van der Waals surface area contributed by atoms with Crippen LogP contribution in [0.3, 0.4) is 0 Å². The normalized spacial score (nSPS) is 11.2. The van der Waals surface area contributed by atoms with E-state index in [0.29, 0.717) is 0 Å². The first-order valence-corrected chi connectivity index (χ1v) is 9.10. The molecule has 1 aromatic carbocycles. The van der Waals surface area contributed by atoms with E-state index in [-0.39, 0.29) is 0 Å². The fourth-order valence-electron chi connectivity index (χ4n) is 2.07. The zero-order valence-corrected chi connectivity index (χ0v) is 14.1. The summed E-state index contributed by atoms with van der Waals surface area (Å²) >= 11 is 8.35. The monoisotopic (exact) mass is 378 g/mol. The van der Waals surface area contributed by atoms with E-state index in [1.165, 1.54) is 26.4 Å². The Balaban J connectivity index is 1.88. The lowest BCUT2D eigenvalue weighted by atomic mass is 10.1. The Morgan fingerprint density at radius 1 is 0.850 bits per heavy atom. The molecule has 0 N–H and O–H groups in total. The first-order chi connectivity index (χ1) is 9.83. The van der Waals surface area contributed by atoms with Gasteiger partial charge in [0.2, 0.25) is 0 Å². The molecule has 20 heavy (non-hydrogen) atoms. The van der Waals surface area contributed by atoms with Gasteiger partial charge >= 0.3 is 0 Å². The molecule has 0 unspecified atom stereocenters. The number of aromatic nitrogens is 2.